The van der Waals surface area contributed by atoms with Crippen molar-refractivity contribution in [2.24, 2.45) is 0 Å². The molecule has 0 amide bonds. The number of hydrogen-bond donors (Lipinski definition) is 0. The number of anilines is 3. The predicted molar refractivity (Wildman–Crippen MR) is 270 cm³/mol. The topological polar surface area (TPSA) is 16.4 Å². The average molecular weight is 820 g/mol. The Labute approximate surface area is 375 Å². The monoisotopic (exact) mass is 819 g/mol. The Hall–Kier alpha value is -8.20. The number of furan rings is 1. The average Bonchev–Trinajstić information content (AvgIpc) is 3.73. The zero-order chi connectivity index (χ0) is 43.0. The molecule has 0 aliphatic carbocycles. The number of nitrogens with zero attached hydrogens (tertiary/aromatic N) is 1. The van der Waals surface area contributed by atoms with Gasteiger partial charge in [0, 0.05) is 27.8 Å². The Morgan fingerprint density at radius 2 is 0.656 bits per heavy atom. The van der Waals surface area contributed by atoms with E-state index < -0.39 is 0 Å². The van der Waals surface area contributed by atoms with Gasteiger partial charge in [0.15, 0.2) is 0 Å². The van der Waals surface area contributed by atoms with Gasteiger partial charge in [0.05, 0.1) is 0 Å². The maximum Gasteiger partial charge on any atom is 0.135 e. The molecule has 0 saturated carbocycles. The van der Waals surface area contributed by atoms with Crippen LogP contribution in [0.4, 0.5) is 17.1 Å². The number of hydrogen-bond acceptors (Lipinski definition) is 2. The molecule has 0 bridgehead atoms. The van der Waals surface area contributed by atoms with E-state index in [1.165, 1.54) is 77.9 Å². The molecular formula is C62H45NO. The smallest absolute Gasteiger partial charge is 0.135 e. The quantitative estimate of drug-likeness (QED) is 0.144. The minimum atomic E-state index is 0.914. The second-order valence-electron chi connectivity index (χ2n) is 16.6. The van der Waals surface area contributed by atoms with Crippen LogP contribution in [-0.2, 0) is 0 Å². The first-order chi connectivity index (χ1) is 31.6. The fourth-order valence-corrected chi connectivity index (χ4v) is 9.38. The van der Waals surface area contributed by atoms with Crippen LogP contribution in [0.3, 0.4) is 0 Å². The lowest BCUT2D eigenvalue weighted by atomic mass is 9.92. The fourth-order valence-electron chi connectivity index (χ4n) is 9.38. The molecule has 2 nitrogen and oxygen atoms in total. The molecule has 11 rings (SSSR count). The first-order valence-electron chi connectivity index (χ1n) is 22.0. The molecule has 0 N–H and O–H groups in total. The number of aryl methyl sites for hydroxylation is 2. The summed E-state index contributed by atoms with van der Waals surface area (Å²) in [7, 11) is 0. The van der Waals surface area contributed by atoms with Crippen LogP contribution in [0.25, 0.3) is 88.7 Å². The maximum absolute atomic E-state index is 6.12. The van der Waals surface area contributed by atoms with Crippen molar-refractivity contribution in [3.05, 3.63) is 248 Å². The van der Waals surface area contributed by atoms with Crippen molar-refractivity contribution >= 4 is 39.0 Å². The molecule has 0 atom stereocenters. The predicted octanol–water partition coefficient (Wildman–Crippen LogP) is 17.7. The third kappa shape index (κ3) is 7.25. The minimum Gasteiger partial charge on any atom is -0.456 e. The van der Waals surface area contributed by atoms with Crippen LogP contribution in [0.2, 0.25) is 0 Å². The number of rotatable bonds is 9. The standard InChI is InChI=1S/C62H45NO/c1-42-39-48(49-30-38-62-60(41-49)59-23-13-14-24-61(59)64-62)29-36-53(42)54-37-35-52(40-43(54)2)63(50-31-25-46(26-32-50)57-21-11-9-19-55(57)44-15-5-3-6-16-44)51-33-27-47(28-34-51)58-22-12-10-20-56(58)45-17-7-4-8-18-45/h3-41H,1-2H3. The van der Waals surface area contributed by atoms with E-state index in [2.05, 4.69) is 243 Å². The van der Waals surface area contributed by atoms with E-state index in [-0.39, 0.29) is 0 Å². The van der Waals surface area contributed by atoms with Crippen molar-refractivity contribution in [2.75, 3.05) is 4.90 Å². The highest BCUT2D eigenvalue weighted by Gasteiger charge is 2.18. The molecule has 64 heavy (non-hydrogen) atoms. The number of fused-ring (bicyclic) bond motifs is 3. The fraction of sp³-hybridized carbons (Fsp3) is 0.0323. The molecule has 0 unspecified atom stereocenters. The van der Waals surface area contributed by atoms with Gasteiger partial charge in [-0.1, -0.05) is 182 Å². The summed E-state index contributed by atoms with van der Waals surface area (Å²) in [5.41, 5.74) is 22.1. The molecule has 0 spiro atoms. The summed E-state index contributed by atoms with van der Waals surface area (Å²) < 4.78 is 6.12. The van der Waals surface area contributed by atoms with Crippen molar-refractivity contribution < 1.29 is 4.42 Å². The largest absolute Gasteiger partial charge is 0.456 e. The van der Waals surface area contributed by atoms with Gasteiger partial charge in [0.1, 0.15) is 11.2 Å². The highest BCUT2D eigenvalue weighted by atomic mass is 16.3. The van der Waals surface area contributed by atoms with Crippen LogP contribution in [0.1, 0.15) is 11.1 Å². The van der Waals surface area contributed by atoms with E-state index in [0.717, 1.165) is 39.0 Å². The van der Waals surface area contributed by atoms with Crippen LogP contribution in [0.15, 0.2) is 241 Å². The van der Waals surface area contributed by atoms with Gasteiger partial charge in [0.2, 0.25) is 0 Å². The molecule has 0 fully saturated rings. The molecule has 0 radical (unpaired) electrons. The second-order valence-corrected chi connectivity index (χ2v) is 16.6. The van der Waals surface area contributed by atoms with Crippen molar-refractivity contribution in [3.63, 3.8) is 0 Å². The Balaban J connectivity index is 0.959. The lowest BCUT2D eigenvalue weighted by Gasteiger charge is -2.27. The number of para-hydroxylation sites is 1. The maximum atomic E-state index is 6.12. The summed E-state index contributed by atoms with van der Waals surface area (Å²) in [4.78, 5) is 2.38. The molecular weight excluding hydrogens is 775 g/mol. The molecule has 11 aromatic rings. The Morgan fingerprint density at radius 3 is 1.19 bits per heavy atom. The van der Waals surface area contributed by atoms with E-state index in [1.54, 1.807) is 0 Å². The lowest BCUT2D eigenvalue weighted by Crippen LogP contribution is -2.10. The van der Waals surface area contributed by atoms with Gasteiger partial charge >= 0.3 is 0 Å². The van der Waals surface area contributed by atoms with E-state index in [1.807, 2.05) is 12.1 Å². The van der Waals surface area contributed by atoms with E-state index in [9.17, 15) is 0 Å². The van der Waals surface area contributed by atoms with E-state index >= 15 is 0 Å². The Bertz CT molecular complexity index is 3310. The summed E-state index contributed by atoms with van der Waals surface area (Å²) in [5.74, 6) is 0. The van der Waals surface area contributed by atoms with E-state index in [4.69, 9.17) is 4.42 Å². The number of benzene rings is 10. The van der Waals surface area contributed by atoms with Crippen molar-refractivity contribution in [2.45, 2.75) is 13.8 Å². The van der Waals surface area contributed by atoms with Gasteiger partial charge in [-0.2, -0.15) is 0 Å². The third-order valence-corrected chi connectivity index (χ3v) is 12.6. The SMILES string of the molecule is Cc1cc(-c2ccc3oc4ccccc4c3c2)ccc1-c1ccc(N(c2ccc(-c3ccccc3-c3ccccc3)cc2)c2ccc(-c3ccccc3-c3ccccc3)cc2)cc1C. The highest BCUT2D eigenvalue weighted by Crippen LogP contribution is 2.42. The van der Waals surface area contributed by atoms with Gasteiger partial charge in [0.25, 0.3) is 0 Å². The Morgan fingerprint density at radius 1 is 0.266 bits per heavy atom. The second kappa shape index (κ2) is 16.6. The molecule has 1 heterocycles. The van der Waals surface area contributed by atoms with Crippen LogP contribution in [0.5, 0.6) is 0 Å². The van der Waals surface area contributed by atoms with Gasteiger partial charge in [-0.15, -0.1) is 0 Å². The molecule has 1 aromatic heterocycles. The van der Waals surface area contributed by atoms with E-state index in [0.29, 0.717) is 0 Å². The van der Waals surface area contributed by atoms with Gasteiger partial charge in [-0.05, 0) is 146 Å². The van der Waals surface area contributed by atoms with Crippen molar-refractivity contribution in [1.29, 1.82) is 0 Å². The zero-order valence-electron chi connectivity index (χ0n) is 35.9. The third-order valence-electron chi connectivity index (χ3n) is 12.6. The summed E-state index contributed by atoms with van der Waals surface area (Å²) in [6, 6.07) is 85.2. The van der Waals surface area contributed by atoms with Crippen LogP contribution in [-0.4, -0.2) is 0 Å². The van der Waals surface area contributed by atoms with Gasteiger partial charge in [-0.25, -0.2) is 0 Å². The highest BCUT2D eigenvalue weighted by molar-refractivity contribution is 6.06. The van der Waals surface area contributed by atoms with Gasteiger partial charge in [-0.3, -0.25) is 0 Å². The summed E-state index contributed by atoms with van der Waals surface area (Å²) >= 11 is 0. The first kappa shape index (κ1) is 38.7. The molecule has 0 aliphatic heterocycles. The summed E-state index contributed by atoms with van der Waals surface area (Å²) in [6.45, 7) is 4.45. The molecule has 0 saturated heterocycles. The molecule has 304 valence electrons. The summed E-state index contributed by atoms with van der Waals surface area (Å²) in [6.07, 6.45) is 0. The zero-order valence-corrected chi connectivity index (χ0v) is 35.9. The molecule has 0 aliphatic rings. The summed E-state index contributed by atoms with van der Waals surface area (Å²) in [5, 5.41) is 2.29. The van der Waals surface area contributed by atoms with Gasteiger partial charge < -0.3 is 9.32 Å². The Kier molecular flexibility index (Phi) is 10.0. The van der Waals surface area contributed by atoms with Crippen LogP contribution >= 0.6 is 0 Å². The first-order valence-corrected chi connectivity index (χ1v) is 22.0. The minimum absolute atomic E-state index is 0.914. The van der Waals surface area contributed by atoms with Crippen LogP contribution in [0, 0.1) is 13.8 Å². The van der Waals surface area contributed by atoms with Crippen LogP contribution < -0.4 is 4.90 Å². The van der Waals surface area contributed by atoms with Crippen molar-refractivity contribution in [3.8, 4) is 66.8 Å². The lowest BCUT2D eigenvalue weighted by molar-refractivity contribution is 0.669. The van der Waals surface area contributed by atoms with Crippen molar-refractivity contribution in [1.82, 2.24) is 0 Å². The molecule has 2 heteroatoms. The molecule has 10 aromatic carbocycles. The normalized spacial score (nSPS) is 11.3.